The molecule has 0 amide bonds. The molecule has 1 heterocycles. The van der Waals surface area contributed by atoms with Gasteiger partial charge in [0.05, 0.1) is 13.1 Å². The summed E-state index contributed by atoms with van der Waals surface area (Å²) in [5.41, 5.74) is 6.44. The quantitative estimate of drug-likeness (QED) is 0.908. The van der Waals surface area contributed by atoms with Crippen molar-refractivity contribution in [1.82, 2.24) is 15.0 Å². The fourth-order valence-electron chi connectivity index (χ4n) is 1.75. The Labute approximate surface area is 133 Å². The summed E-state index contributed by atoms with van der Waals surface area (Å²) in [6.07, 6.45) is 0. The molecule has 2 rings (SSSR count). The summed E-state index contributed by atoms with van der Waals surface area (Å²) < 4.78 is 4.95. The van der Waals surface area contributed by atoms with Crippen LogP contribution in [-0.4, -0.2) is 22.1 Å². The van der Waals surface area contributed by atoms with E-state index in [2.05, 4.69) is 10.1 Å². The first kappa shape index (κ1) is 17.2. The van der Waals surface area contributed by atoms with Crippen molar-refractivity contribution in [2.75, 3.05) is 7.05 Å². The molecule has 0 aliphatic heterocycles. The first-order valence-corrected chi connectivity index (χ1v) is 6.47. The van der Waals surface area contributed by atoms with Gasteiger partial charge >= 0.3 is 0 Å². The van der Waals surface area contributed by atoms with E-state index in [0.717, 1.165) is 5.56 Å². The van der Waals surface area contributed by atoms with Crippen LogP contribution in [0.2, 0.25) is 10.0 Å². The Bertz CT molecular complexity index is 541. The van der Waals surface area contributed by atoms with Crippen LogP contribution in [0.25, 0.3) is 0 Å². The molecular formula is C12H15Cl3N4O. The summed E-state index contributed by atoms with van der Waals surface area (Å²) in [5.74, 6) is 1.05. The summed E-state index contributed by atoms with van der Waals surface area (Å²) in [6, 6.07) is 5.47. The first-order chi connectivity index (χ1) is 9.06. The van der Waals surface area contributed by atoms with Crippen LogP contribution in [0, 0.1) is 0 Å². The molecule has 0 atom stereocenters. The Hall–Kier alpha value is -0.850. The molecule has 1 aromatic heterocycles. The zero-order valence-electron chi connectivity index (χ0n) is 10.8. The predicted octanol–water partition coefficient (Wildman–Crippen LogP) is 2.89. The standard InChI is InChI=1S/C12H14Cl2N4O.ClH/c1-18(7-11-16-12(5-15)19-17-11)6-8-2-9(13)4-10(14)3-8;/h2-4H,5-7,15H2,1H3;1H. The Morgan fingerprint density at radius 2 is 1.85 bits per heavy atom. The molecule has 2 N–H and O–H groups in total. The number of halogens is 3. The minimum absolute atomic E-state index is 0. The van der Waals surface area contributed by atoms with E-state index >= 15 is 0 Å². The Balaban J connectivity index is 0.00000200. The third kappa shape index (κ3) is 4.92. The fraction of sp³-hybridized carbons (Fsp3) is 0.333. The number of nitrogens with two attached hydrogens (primary N) is 1. The summed E-state index contributed by atoms with van der Waals surface area (Å²) in [5, 5.41) is 5.10. The van der Waals surface area contributed by atoms with Crippen LogP contribution < -0.4 is 5.73 Å². The molecule has 0 fully saturated rings. The van der Waals surface area contributed by atoms with Gasteiger partial charge in [0.15, 0.2) is 5.82 Å². The van der Waals surface area contributed by atoms with E-state index in [1.165, 1.54) is 0 Å². The second kappa shape index (κ2) is 7.81. The van der Waals surface area contributed by atoms with Gasteiger partial charge in [0.1, 0.15) is 0 Å². The average molecular weight is 338 g/mol. The molecule has 110 valence electrons. The lowest BCUT2D eigenvalue weighted by Gasteiger charge is -2.14. The molecule has 8 heteroatoms. The van der Waals surface area contributed by atoms with Crippen LogP contribution in [0.15, 0.2) is 22.7 Å². The van der Waals surface area contributed by atoms with Gasteiger partial charge in [-0.1, -0.05) is 28.4 Å². The Kier molecular flexibility index (Phi) is 6.71. The van der Waals surface area contributed by atoms with Crippen LogP contribution in [0.4, 0.5) is 0 Å². The SMILES string of the molecule is CN(Cc1cc(Cl)cc(Cl)c1)Cc1noc(CN)n1.Cl. The molecule has 0 aliphatic rings. The Morgan fingerprint density at radius 3 is 2.40 bits per heavy atom. The van der Waals surface area contributed by atoms with Gasteiger partial charge in [0.25, 0.3) is 0 Å². The number of rotatable bonds is 5. The van der Waals surface area contributed by atoms with E-state index in [-0.39, 0.29) is 19.0 Å². The minimum Gasteiger partial charge on any atom is -0.338 e. The van der Waals surface area contributed by atoms with Gasteiger partial charge in [-0.15, -0.1) is 12.4 Å². The molecule has 0 aliphatic carbocycles. The van der Waals surface area contributed by atoms with E-state index in [9.17, 15) is 0 Å². The van der Waals surface area contributed by atoms with Gasteiger partial charge in [-0.05, 0) is 30.8 Å². The lowest BCUT2D eigenvalue weighted by atomic mass is 10.2. The molecule has 20 heavy (non-hydrogen) atoms. The average Bonchev–Trinajstić information content (AvgIpc) is 2.74. The number of hydrogen-bond acceptors (Lipinski definition) is 5. The van der Waals surface area contributed by atoms with Crippen molar-refractivity contribution in [2.45, 2.75) is 19.6 Å². The molecule has 1 aromatic carbocycles. The second-order valence-corrected chi connectivity index (χ2v) is 5.13. The van der Waals surface area contributed by atoms with Crippen molar-refractivity contribution in [3.8, 4) is 0 Å². The highest BCUT2D eigenvalue weighted by Gasteiger charge is 2.09. The van der Waals surface area contributed by atoms with Crippen molar-refractivity contribution >= 4 is 35.6 Å². The second-order valence-electron chi connectivity index (χ2n) is 4.26. The van der Waals surface area contributed by atoms with Crippen LogP contribution in [0.1, 0.15) is 17.3 Å². The van der Waals surface area contributed by atoms with Gasteiger partial charge in [0, 0.05) is 16.6 Å². The smallest absolute Gasteiger partial charge is 0.240 e. The number of aromatic nitrogens is 2. The predicted molar refractivity (Wildman–Crippen MR) is 81.1 cm³/mol. The van der Waals surface area contributed by atoms with Crippen molar-refractivity contribution in [3.63, 3.8) is 0 Å². The zero-order valence-corrected chi connectivity index (χ0v) is 13.2. The lowest BCUT2D eigenvalue weighted by Crippen LogP contribution is -2.18. The van der Waals surface area contributed by atoms with Gasteiger partial charge in [-0.3, -0.25) is 4.90 Å². The molecule has 0 saturated carbocycles. The molecule has 0 unspecified atom stereocenters. The maximum absolute atomic E-state index is 5.96. The van der Waals surface area contributed by atoms with E-state index in [4.69, 9.17) is 33.5 Å². The zero-order chi connectivity index (χ0) is 13.8. The van der Waals surface area contributed by atoms with E-state index < -0.39 is 0 Å². The lowest BCUT2D eigenvalue weighted by molar-refractivity contribution is 0.300. The number of hydrogen-bond donors (Lipinski definition) is 1. The number of benzene rings is 1. The number of nitrogens with zero attached hydrogens (tertiary/aromatic N) is 3. The van der Waals surface area contributed by atoms with Crippen LogP contribution in [-0.2, 0) is 19.6 Å². The molecular weight excluding hydrogens is 323 g/mol. The van der Waals surface area contributed by atoms with E-state index in [0.29, 0.717) is 34.8 Å². The van der Waals surface area contributed by atoms with Gasteiger partial charge in [-0.25, -0.2) is 0 Å². The third-order valence-electron chi connectivity index (χ3n) is 2.47. The first-order valence-electron chi connectivity index (χ1n) is 5.72. The maximum atomic E-state index is 5.96. The van der Waals surface area contributed by atoms with Gasteiger partial charge in [0.2, 0.25) is 5.89 Å². The summed E-state index contributed by atoms with van der Waals surface area (Å²) in [7, 11) is 1.95. The highest BCUT2D eigenvalue weighted by Crippen LogP contribution is 2.20. The summed E-state index contributed by atoms with van der Waals surface area (Å²) >= 11 is 11.9. The topological polar surface area (TPSA) is 68.2 Å². The fourth-order valence-corrected chi connectivity index (χ4v) is 2.32. The minimum atomic E-state index is 0. The van der Waals surface area contributed by atoms with E-state index in [1.807, 2.05) is 24.1 Å². The van der Waals surface area contributed by atoms with Crippen LogP contribution >= 0.6 is 35.6 Å². The normalized spacial score (nSPS) is 10.7. The van der Waals surface area contributed by atoms with Crippen LogP contribution in [0.5, 0.6) is 0 Å². The monoisotopic (exact) mass is 336 g/mol. The van der Waals surface area contributed by atoms with Crippen molar-refractivity contribution in [1.29, 1.82) is 0 Å². The highest BCUT2D eigenvalue weighted by atomic mass is 35.5. The van der Waals surface area contributed by atoms with E-state index in [1.54, 1.807) is 6.07 Å². The van der Waals surface area contributed by atoms with Gasteiger partial charge in [-0.2, -0.15) is 4.98 Å². The van der Waals surface area contributed by atoms with Crippen LogP contribution in [0.3, 0.4) is 0 Å². The van der Waals surface area contributed by atoms with Crippen molar-refractivity contribution in [2.24, 2.45) is 5.73 Å². The molecule has 2 aromatic rings. The maximum Gasteiger partial charge on any atom is 0.240 e. The molecule has 0 spiro atoms. The third-order valence-corrected chi connectivity index (χ3v) is 2.91. The summed E-state index contributed by atoms with van der Waals surface area (Å²) in [4.78, 5) is 6.18. The molecule has 0 saturated heterocycles. The summed E-state index contributed by atoms with van der Waals surface area (Å²) in [6.45, 7) is 1.50. The highest BCUT2D eigenvalue weighted by molar-refractivity contribution is 6.34. The molecule has 0 bridgehead atoms. The van der Waals surface area contributed by atoms with Gasteiger partial charge < -0.3 is 10.3 Å². The molecule has 5 nitrogen and oxygen atoms in total. The van der Waals surface area contributed by atoms with Crippen molar-refractivity contribution < 1.29 is 4.52 Å². The Morgan fingerprint density at radius 1 is 1.20 bits per heavy atom. The molecule has 0 radical (unpaired) electrons. The van der Waals surface area contributed by atoms with Crippen molar-refractivity contribution in [3.05, 3.63) is 45.5 Å². The largest absolute Gasteiger partial charge is 0.338 e.